The van der Waals surface area contributed by atoms with Gasteiger partial charge in [-0.1, -0.05) is 98.7 Å². The average Bonchev–Trinajstić information content (AvgIpc) is 3.09. The molecule has 1 unspecified atom stereocenters. The molecule has 50 heavy (non-hydrogen) atoms. The highest BCUT2D eigenvalue weighted by atomic mass is 28.3. The van der Waals surface area contributed by atoms with Crippen LogP contribution < -0.4 is 20.0 Å². The number of ether oxygens (including phenoxy) is 2. The van der Waals surface area contributed by atoms with Gasteiger partial charge in [0.05, 0.1) is 31.8 Å². The number of anilines is 1. The molecular weight excluding hydrogens is 645 g/mol. The zero-order valence-electron chi connectivity index (χ0n) is 30.3. The van der Waals surface area contributed by atoms with Gasteiger partial charge in [0.1, 0.15) is 24.3 Å². The number of rotatable bonds is 11. The van der Waals surface area contributed by atoms with Crippen LogP contribution in [0.3, 0.4) is 0 Å². The molecule has 0 aliphatic carbocycles. The number of β-lactam (4-membered cyclic amide) rings is 1. The number of benzene rings is 3. The summed E-state index contributed by atoms with van der Waals surface area (Å²) in [5.74, 6) is 0.821. The minimum Gasteiger partial charge on any atom is -0.497 e. The van der Waals surface area contributed by atoms with Crippen molar-refractivity contribution in [1.29, 1.82) is 0 Å². The molecular formula is C40H48N4O5Si. The second kappa shape index (κ2) is 14.9. The van der Waals surface area contributed by atoms with Crippen molar-refractivity contribution in [1.82, 2.24) is 9.55 Å². The van der Waals surface area contributed by atoms with Gasteiger partial charge in [0.15, 0.2) is 0 Å². The molecule has 0 bridgehead atoms. The normalized spacial score (nSPS) is 16.6. The van der Waals surface area contributed by atoms with Crippen molar-refractivity contribution in [3.05, 3.63) is 114 Å². The number of pyridine rings is 1. The Labute approximate surface area is 297 Å². The molecule has 0 saturated carbocycles. The van der Waals surface area contributed by atoms with E-state index in [4.69, 9.17) is 14.3 Å². The quantitative estimate of drug-likeness (QED) is 0.0762. The molecule has 0 spiro atoms. The summed E-state index contributed by atoms with van der Waals surface area (Å²) >= 11 is 0. The van der Waals surface area contributed by atoms with Crippen LogP contribution in [0.15, 0.2) is 108 Å². The zero-order valence-corrected chi connectivity index (χ0v) is 31.3. The van der Waals surface area contributed by atoms with Crippen molar-refractivity contribution < 1.29 is 23.9 Å². The molecule has 2 atom stereocenters. The van der Waals surface area contributed by atoms with Crippen LogP contribution in [-0.2, 0) is 27.3 Å². The molecule has 2 heterocycles. The molecule has 9 nitrogen and oxygen atoms in total. The van der Waals surface area contributed by atoms with E-state index in [2.05, 4.69) is 59.7 Å². The van der Waals surface area contributed by atoms with E-state index in [1.807, 2.05) is 93.6 Å². The third kappa shape index (κ3) is 7.45. The number of methoxy groups -OCH3 is 1. The lowest BCUT2D eigenvalue weighted by atomic mass is 9.85. The van der Waals surface area contributed by atoms with Crippen molar-refractivity contribution in [2.45, 2.75) is 71.2 Å². The van der Waals surface area contributed by atoms with Gasteiger partial charge < -0.3 is 18.9 Å². The Bertz CT molecular complexity index is 1750. The number of aromatic nitrogens is 1. The smallest absolute Gasteiger partial charge is 0.416 e. The number of nitrogens with zero attached hydrogens (tertiary/aromatic N) is 4. The lowest BCUT2D eigenvalue weighted by Crippen LogP contribution is -2.84. The SMILES string of the molecule is CO/N=C/[C@@H]1C(Cc2ccnc(N(Cc3ccc(OC)cc3)C(=O)OC(C)(C)C)c2)C(=O)N1[Si](c1ccccc1)(c1ccccc1)C(C)(C)C. The second-order valence-corrected chi connectivity index (χ2v) is 19.1. The van der Waals surface area contributed by atoms with Gasteiger partial charge >= 0.3 is 6.09 Å². The molecule has 1 aliphatic heterocycles. The van der Waals surface area contributed by atoms with Gasteiger partial charge in [0.2, 0.25) is 14.1 Å². The van der Waals surface area contributed by atoms with E-state index >= 15 is 0 Å². The van der Waals surface area contributed by atoms with Crippen LogP contribution in [0.2, 0.25) is 5.04 Å². The molecule has 10 heteroatoms. The summed E-state index contributed by atoms with van der Waals surface area (Å²) < 4.78 is 13.2. The van der Waals surface area contributed by atoms with E-state index < -0.39 is 25.8 Å². The van der Waals surface area contributed by atoms with Crippen LogP contribution in [0.4, 0.5) is 10.6 Å². The highest BCUT2D eigenvalue weighted by Gasteiger charge is 2.63. The van der Waals surface area contributed by atoms with Gasteiger partial charge in [-0.15, -0.1) is 0 Å². The minimum atomic E-state index is -2.97. The fourth-order valence-corrected chi connectivity index (χ4v) is 12.8. The van der Waals surface area contributed by atoms with Crippen molar-refractivity contribution in [3.8, 4) is 5.75 Å². The zero-order chi connectivity index (χ0) is 36.1. The van der Waals surface area contributed by atoms with Crippen LogP contribution in [0.25, 0.3) is 0 Å². The fourth-order valence-electron chi connectivity index (χ4n) is 6.95. The molecule has 5 rings (SSSR count). The first-order chi connectivity index (χ1) is 23.8. The second-order valence-electron chi connectivity index (χ2n) is 14.6. The summed E-state index contributed by atoms with van der Waals surface area (Å²) in [5, 5.41) is 6.25. The summed E-state index contributed by atoms with van der Waals surface area (Å²) in [4.78, 5) is 39.6. The Balaban J connectivity index is 1.53. The van der Waals surface area contributed by atoms with Crippen molar-refractivity contribution in [2.24, 2.45) is 11.1 Å². The Kier molecular flexibility index (Phi) is 10.8. The number of oxime groups is 1. The van der Waals surface area contributed by atoms with Crippen LogP contribution in [-0.4, -0.2) is 61.9 Å². The highest BCUT2D eigenvalue weighted by molar-refractivity contribution is 7.03. The number of carbonyl (C=O) groups excluding carboxylic acids is 2. The largest absolute Gasteiger partial charge is 0.497 e. The number of hydrogen-bond acceptors (Lipinski definition) is 7. The van der Waals surface area contributed by atoms with Gasteiger partial charge in [0.25, 0.3) is 0 Å². The topological polar surface area (TPSA) is 93.6 Å². The first-order valence-electron chi connectivity index (χ1n) is 16.9. The van der Waals surface area contributed by atoms with E-state index in [0.717, 1.165) is 27.2 Å². The lowest BCUT2D eigenvalue weighted by molar-refractivity contribution is -0.144. The molecule has 0 N–H and O–H groups in total. The van der Waals surface area contributed by atoms with Crippen molar-refractivity contribution in [2.75, 3.05) is 19.1 Å². The van der Waals surface area contributed by atoms with Crippen molar-refractivity contribution >= 4 is 42.6 Å². The van der Waals surface area contributed by atoms with Crippen LogP contribution in [0.5, 0.6) is 5.75 Å². The summed E-state index contributed by atoms with van der Waals surface area (Å²) in [6.07, 6.45) is 3.36. The van der Waals surface area contributed by atoms with E-state index in [-0.39, 0.29) is 23.5 Å². The maximum absolute atomic E-state index is 14.7. The Morgan fingerprint density at radius 2 is 1.48 bits per heavy atom. The molecule has 4 aromatic rings. The predicted octanol–water partition coefficient (Wildman–Crippen LogP) is 6.59. The maximum atomic E-state index is 14.7. The van der Waals surface area contributed by atoms with E-state index in [1.54, 1.807) is 19.5 Å². The van der Waals surface area contributed by atoms with E-state index in [1.165, 1.54) is 12.0 Å². The Morgan fingerprint density at radius 3 is 2.00 bits per heavy atom. The Hall–Kier alpha value is -4.96. The summed E-state index contributed by atoms with van der Waals surface area (Å²) in [5.41, 5.74) is 1.05. The molecule has 2 amide bonds. The molecule has 1 saturated heterocycles. The average molecular weight is 693 g/mol. The molecule has 1 aliphatic rings. The standard InChI is InChI=1S/C40H48N4O5Si/c1-39(2,3)49-38(46)43(28-29-19-21-31(47-7)22-20-29)36-26-30(23-24-41-36)25-34-35(27-42-48-8)44(37(34)45)50(40(4,5)6,32-15-11-9-12-16-32)33-17-13-10-14-18-33/h9-24,26-27,34-35H,25,28H2,1-8H3/b42-27+/t34?,35-/m1/s1. The van der Waals surface area contributed by atoms with E-state index in [0.29, 0.717) is 12.2 Å². The number of amides is 2. The third-order valence-electron chi connectivity index (χ3n) is 9.07. The fraction of sp³-hybridized carbons (Fsp3) is 0.350. The maximum Gasteiger partial charge on any atom is 0.416 e. The molecule has 0 radical (unpaired) electrons. The number of carbonyl (C=O) groups is 2. The highest BCUT2D eigenvalue weighted by Crippen LogP contribution is 2.45. The third-order valence-corrected chi connectivity index (χ3v) is 14.8. The van der Waals surface area contributed by atoms with Gasteiger partial charge in [-0.05, 0) is 78.0 Å². The van der Waals surface area contributed by atoms with E-state index in [9.17, 15) is 9.59 Å². The first-order valence-corrected chi connectivity index (χ1v) is 18.8. The summed E-state index contributed by atoms with van der Waals surface area (Å²) in [7, 11) is 0.160. The molecule has 1 fully saturated rings. The van der Waals surface area contributed by atoms with Crippen LogP contribution >= 0.6 is 0 Å². The van der Waals surface area contributed by atoms with Crippen molar-refractivity contribution in [3.63, 3.8) is 0 Å². The van der Waals surface area contributed by atoms with Gasteiger partial charge in [-0.2, -0.15) is 0 Å². The molecule has 1 aromatic heterocycles. The van der Waals surface area contributed by atoms with Crippen LogP contribution in [0.1, 0.15) is 52.7 Å². The summed E-state index contributed by atoms with van der Waals surface area (Å²) in [6, 6.07) is 31.8. The van der Waals surface area contributed by atoms with Gasteiger partial charge in [0, 0.05) is 6.20 Å². The predicted molar refractivity (Wildman–Crippen MR) is 201 cm³/mol. The lowest BCUT2D eigenvalue weighted by Gasteiger charge is -2.60. The van der Waals surface area contributed by atoms with Gasteiger partial charge in [-0.25, -0.2) is 9.78 Å². The van der Waals surface area contributed by atoms with Crippen LogP contribution in [0, 0.1) is 5.92 Å². The molecule has 262 valence electrons. The monoisotopic (exact) mass is 692 g/mol. The first kappa shape index (κ1) is 36.3. The number of hydrogen-bond donors (Lipinski definition) is 0. The summed E-state index contributed by atoms with van der Waals surface area (Å²) in [6.45, 7) is 12.4. The van der Waals surface area contributed by atoms with Gasteiger partial charge in [-0.3, -0.25) is 9.69 Å². The molecule has 3 aromatic carbocycles. The minimum absolute atomic E-state index is 0.0624. The Morgan fingerprint density at radius 1 is 0.880 bits per heavy atom.